The van der Waals surface area contributed by atoms with Crippen molar-refractivity contribution in [3.8, 4) is 0 Å². The van der Waals surface area contributed by atoms with Crippen molar-refractivity contribution in [1.29, 1.82) is 0 Å². The fourth-order valence-corrected chi connectivity index (χ4v) is 3.50. The predicted molar refractivity (Wildman–Crippen MR) is 86.2 cm³/mol. The van der Waals surface area contributed by atoms with E-state index in [9.17, 15) is 13.2 Å². The zero-order chi connectivity index (χ0) is 16.2. The summed E-state index contributed by atoms with van der Waals surface area (Å²) in [5.41, 5.74) is 0.438. The Kier molecular flexibility index (Phi) is 5.58. The van der Waals surface area contributed by atoms with E-state index in [0.717, 1.165) is 13.0 Å². The van der Waals surface area contributed by atoms with E-state index in [-0.39, 0.29) is 10.8 Å². The number of carbonyl (C=O) groups excluding carboxylic acids is 1. The van der Waals surface area contributed by atoms with E-state index < -0.39 is 10.0 Å². The molecule has 0 aliphatic heterocycles. The zero-order valence-electron chi connectivity index (χ0n) is 13.2. The Morgan fingerprint density at radius 3 is 2.64 bits per heavy atom. The molecule has 1 N–H and O–H groups in total. The van der Waals surface area contributed by atoms with E-state index in [1.807, 2.05) is 11.8 Å². The number of benzene rings is 1. The van der Waals surface area contributed by atoms with Gasteiger partial charge in [-0.1, -0.05) is 19.9 Å². The Labute approximate surface area is 132 Å². The highest BCUT2D eigenvalue weighted by Crippen LogP contribution is 2.30. The quantitative estimate of drug-likeness (QED) is 0.797. The van der Waals surface area contributed by atoms with Gasteiger partial charge in [0.05, 0.1) is 4.90 Å². The molecule has 122 valence electrons. The van der Waals surface area contributed by atoms with Crippen LogP contribution >= 0.6 is 0 Å². The van der Waals surface area contributed by atoms with Crippen molar-refractivity contribution in [2.24, 2.45) is 5.92 Å². The highest BCUT2D eigenvalue weighted by Gasteiger charge is 2.27. The Morgan fingerprint density at radius 2 is 2.05 bits per heavy atom. The SMILES string of the molecule is CCCN(CC1CC1)C(=O)c1cccc(S(=O)(=O)NCC)c1. The van der Waals surface area contributed by atoms with Crippen LogP contribution in [0, 0.1) is 5.92 Å². The number of hydrogen-bond donors (Lipinski definition) is 1. The van der Waals surface area contributed by atoms with Crippen LogP contribution in [0.1, 0.15) is 43.5 Å². The van der Waals surface area contributed by atoms with E-state index >= 15 is 0 Å². The monoisotopic (exact) mass is 324 g/mol. The van der Waals surface area contributed by atoms with Crippen LogP contribution < -0.4 is 4.72 Å². The number of amides is 1. The molecular weight excluding hydrogens is 300 g/mol. The van der Waals surface area contributed by atoms with Crippen LogP contribution in [0.15, 0.2) is 29.2 Å². The summed E-state index contributed by atoms with van der Waals surface area (Å²) in [5.74, 6) is 0.534. The zero-order valence-corrected chi connectivity index (χ0v) is 14.0. The summed E-state index contributed by atoms with van der Waals surface area (Å²) in [6, 6.07) is 6.29. The number of nitrogens with one attached hydrogen (secondary N) is 1. The minimum absolute atomic E-state index is 0.0812. The fraction of sp³-hybridized carbons (Fsp3) is 0.562. The minimum atomic E-state index is -3.54. The third kappa shape index (κ3) is 4.30. The third-order valence-corrected chi connectivity index (χ3v) is 5.23. The van der Waals surface area contributed by atoms with E-state index in [1.54, 1.807) is 19.1 Å². The van der Waals surface area contributed by atoms with Crippen molar-refractivity contribution in [3.63, 3.8) is 0 Å². The standard InChI is InChI=1S/C16H24N2O3S/c1-3-10-18(12-13-8-9-13)16(19)14-6-5-7-15(11-14)22(20,21)17-4-2/h5-7,11,13,17H,3-4,8-10,12H2,1-2H3. The number of hydrogen-bond acceptors (Lipinski definition) is 3. The third-order valence-electron chi connectivity index (χ3n) is 3.68. The van der Waals surface area contributed by atoms with Gasteiger partial charge in [-0.25, -0.2) is 13.1 Å². The van der Waals surface area contributed by atoms with E-state index in [1.165, 1.54) is 25.0 Å². The van der Waals surface area contributed by atoms with E-state index in [0.29, 0.717) is 24.6 Å². The average molecular weight is 324 g/mol. The molecule has 0 radical (unpaired) electrons. The lowest BCUT2D eigenvalue weighted by Crippen LogP contribution is -2.33. The average Bonchev–Trinajstić information content (AvgIpc) is 3.30. The fourth-order valence-electron chi connectivity index (χ4n) is 2.41. The smallest absolute Gasteiger partial charge is 0.253 e. The van der Waals surface area contributed by atoms with Gasteiger partial charge in [-0.2, -0.15) is 0 Å². The topological polar surface area (TPSA) is 66.5 Å². The van der Waals surface area contributed by atoms with Gasteiger partial charge in [0, 0.05) is 25.2 Å². The maximum atomic E-state index is 12.6. The van der Waals surface area contributed by atoms with Crippen molar-refractivity contribution in [1.82, 2.24) is 9.62 Å². The summed E-state index contributed by atoms with van der Waals surface area (Å²) in [5, 5.41) is 0. The molecule has 1 amide bonds. The molecule has 1 aromatic rings. The molecule has 0 atom stereocenters. The van der Waals surface area contributed by atoms with Crippen LogP contribution in [0.25, 0.3) is 0 Å². The first-order chi connectivity index (χ1) is 10.5. The molecule has 0 spiro atoms. The summed E-state index contributed by atoms with van der Waals surface area (Å²) in [7, 11) is -3.54. The lowest BCUT2D eigenvalue weighted by Gasteiger charge is -2.22. The normalized spacial score (nSPS) is 14.8. The maximum Gasteiger partial charge on any atom is 0.253 e. The van der Waals surface area contributed by atoms with Gasteiger partial charge >= 0.3 is 0 Å². The van der Waals surface area contributed by atoms with Gasteiger partial charge in [0.1, 0.15) is 0 Å². The van der Waals surface area contributed by atoms with Crippen molar-refractivity contribution in [2.75, 3.05) is 19.6 Å². The molecule has 0 heterocycles. The second-order valence-corrected chi connectivity index (χ2v) is 7.49. The van der Waals surface area contributed by atoms with Crippen LogP contribution in [0.2, 0.25) is 0 Å². The Balaban J connectivity index is 2.21. The van der Waals surface area contributed by atoms with E-state index in [2.05, 4.69) is 4.72 Å². The van der Waals surface area contributed by atoms with Crippen LogP contribution in [0.4, 0.5) is 0 Å². The van der Waals surface area contributed by atoms with Crippen molar-refractivity contribution in [3.05, 3.63) is 29.8 Å². The van der Waals surface area contributed by atoms with Crippen LogP contribution in [0.5, 0.6) is 0 Å². The summed E-state index contributed by atoms with van der Waals surface area (Å²) < 4.78 is 26.6. The van der Waals surface area contributed by atoms with Crippen LogP contribution in [-0.2, 0) is 10.0 Å². The second-order valence-electron chi connectivity index (χ2n) is 5.72. The molecule has 1 aliphatic carbocycles. The number of carbonyl (C=O) groups is 1. The maximum absolute atomic E-state index is 12.6. The molecule has 6 heteroatoms. The summed E-state index contributed by atoms with van der Waals surface area (Å²) in [4.78, 5) is 14.6. The van der Waals surface area contributed by atoms with Gasteiger partial charge in [-0.3, -0.25) is 4.79 Å². The van der Waals surface area contributed by atoms with E-state index in [4.69, 9.17) is 0 Å². The van der Waals surface area contributed by atoms with Crippen molar-refractivity contribution < 1.29 is 13.2 Å². The van der Waals surface area contributed by atoms with Gasteiger partial charge in [-0.15, -0.1) is 0 Å². The molecule has 0 unspecified atom stereocenters. The lowest BCUT2D eigenvalue weighted by atomic mass is 10.2. The first kappa shape index (κ1) is 17.0. The first-order valence-corrected chi connectivity index (χ1v) is 9.35. The van der Waals surface area contributed by atoms with Crippen LogP contribution in [-0.4, -0.2) is 38.9 Å². The lowest BCUT2D eigenvalue weighted by molar-refractivity contribution is 0.0747. The molecule has 5 nitrogen and oxygen atoms in total. The van der Waals surface area contributed by atoms with Gasteiger partial charge in [-0.05, 0) is 43.4 Å². The molecule has 22 heavy (non-hydrogen) atoms. The van der Waals surface area contributed by atoms with Crippen molar-refractivity contribution >= 4 is 15.9 Å². The van der Waals surface area contributed by atoms with Gasteiger partial charge in [0.25, 0.3) is 5.91 Å². The summed E-state index contributed by atoms with van der Waals surface area (Å²) in [6.07, 6.45) is 3.26. The molecule has 0 bridgehead atoms. The molecule has 1 aromatic carbocycles. The van der Waals surface area contributed by atoms with Gasteiger partial charge in [0.2, 0.25) is 10.0 Å². The molecule has 1 aliphatic rings. The molecule has 0 aromatic heterocycles. The molecule has 2 rings (SSSR count). The molecule has 1 fully saturated rings. The minimum Gasteiger partial charge on any atom is -0.338 e. The Bertz CT molecular complexity index is 624. The van der Waals surface area contributed by atoms with Crippen LogP contribution in [0.3, 0.4) is 0 Å². The number of nitrogens with zero attached hydrogens (tertiary/aromatic N) is 1. The molecule has 0 saturated heterocycles. The first-order valence-electron chi connectivity index (χ1n) is 7.87. The largest absolute Gasteiger partial charge is 0.338 e. The molecule has 1 saturated carbocycles. The van der Waals surface area contributed by atoms with Gasteiger partial charge in [0.15, 0.2) is 0 Å². The number of sulfonamides is 1. The highest BCUT2D eigenvalue weighted by molar-refractivity contribution is 7.89. The summed E-state index contributed by atoms with van der Waals surface area (Å²) in [6.45, 7) is 5.57. The van der Waals surface area contributed by atoms with Crippen molar-refractivity contribution in [2.45, 2.75) is 38.0 Å². The molecular formula is C16H24N2O3S. The Hall–Kier alpha value is -1.40. The number of rotatable bonds is 8. The Morgan fingerprint density at radius 1 is 1.32 bits per heavy atom. The predicted octanol–water partition coefficient (Wildman–Crippen LogP) is 2.25. The second kappa shape index (κ2) is 7.24. The highest BCUT2D eigenvalue weighted by atomic mass is 32.2. The van der Waals surface area contributed by atoms with Gasteiger partial charge < -0.3 is 4.90 Å². The summed E-state index contributed by atoms with van der Waals surface area (Å²) >= 11 is 0.